The van der Waals surface area contributed by atoms with Crippen LogP contribution < -0.4 is 15.5 Å². The molecular formula is C25H42IN5O. The summed E-state index contributed by atoms with van der Waals surface area (Å²) in [5.74, 6) is 1.43. The van der Waals surface area contributed by atoms with Crippen LogP contribution in [0, 0.1) is 5.92 Å². The number of halogens is 1. The van der Waals surface area contributed by atoms with Crippen LogP contribution in [0.4, 0.5) is 5.69 Å². The van der Waals surface area contributed by atoms with E-state index in [1.54, 1.807) is 0 Å². The number of hydrogen-bond acceptors (Lipinski definition) is 4. The van der Waals surface area contributed by atoms with Crippen LogP contribution in [-0.4, -0.2) is 67.4 Å². The van der Waals surface area contributed by atoms with Crippen molar-refractivity contribution in [2.24, 2.45) is 10.9 Å². The fourth-order valence-electron chi connectivity index (χ4n) is 5.60. The van der Waals surface area contributed by atoms with Crippen molar-refractivity contribution in [3.05, 3.63) is 29.8 Å². The lowest BCUT2D eigenvalue weighted by Crippen LogP contribution is -2.56. The number of anilines is 1. The summed E-state index contributed by atoms with van der Waals surface area (Å²) < 4.78 is 0. The van der Waals surface area contributed by atoms with Gasteiger partial charge in [0.05, 0.1) is 6.54 Å². The van der Waals surface area contributed by atoms with Gasteiger partial charge in [-0.3, -0.25) is 0 Å². The van der Waals surface area contributed by atoms with Gasteiger partial charge in [0.2, 0.25) is 0 Å². The molecule has 2 bridgehead atoms. The number of aliphatic imine (C=N–C) groups is 1. The number of aliphatic hydroxyl groups is 1. The zero-order valence-corrected chi connectivity index (χ0v) is 22.1. The molecule has 3 aliphatic rings. The van der Waals surface area contributed by atoms with Crippen LogP contribution in [0.1, 0.15) is 57.4 Å². The van der Waals surface area contributed by atoms with Crippen molar-refractivity contribution in [2.45, 2.75) is 76.5 Å². The lowest BCUT2D eigenvalue weighted by Gasteiger charge is -2.47. The van der Waals surface area contributed by atoms with E-state index in [-0.39, 0.29) is 24.0 Å². The molecular weight excluding hydrogens is 513 g/mol. The predicted molar refractivity (Wildman–Crippen MR) is 144 cm³/mol. The maximum atomic E-state index is 9.34. The first-order chi connectivity index (χ1) is 15.2. The molecule has 3 aliphatic heterocycles. The van der Waals surface area contributed by atoms with E-state index in [0.29, 0.717) is 25.1 Å². The molecule has 1 aromatic rings. The first-order valence-corrected chi connectivity index (χ1v) is 12.4. The van der Waals surface area contributed by atoms with Gasteiger partial charge >= 0.3 is 0 Å². The lowest BCUT2D eigenvalue weighted by molar-refractivity contribution is 0.0526. The molecule has 3 saturated heterocycles. The number of fused-ring (bicyclic) bond motifs is 2. The van der Waals surface area contributed by atoms with Gasteiger partial charge in [0.1, 0.15) is 0 Å². The third-order valence-corrected chi connectivity index (χ3v) is 7.62. The SMILES string of the molecule is CCNC(=NCc1ccc(N2CCC(CO)CC2)cc1)NC1CC2CCCC(C1)N2C.I. The van der Waals surface area contributed by atoms with E-state index in [2.05, 4.69) is 58.7 Å². The van der Waals surface area contributed by atoms with Gasteiger partial charge in [-0.1, -0.05) is 18.6 Å². The first-order valence-electron chi connectivity index (χ1n) is 12.4. The smallest absolute Gasteiger partial charge is 0.191 e. The van der Waals surface area contributed by atoms with Gasteiger partial charge in [-0.15, -0.1) is 24.0 Å². The number of nitrogens with zero attached hydrogens (tertiary/aromatic N) is 3. The van der Waals surface area contributed by atoms with E-state index in [4.69, 9.17) is 4.99 Å². The van der Waals surface area contributed by atoms with E-state index < -0.39 is 0 Å². The van der Waals surface area contributed by atoms with Gasteiger partial charge in [-0.25, -0.2) is 4.99 Å². The van der Waals surface area contributed by atoms with Gasteiger partial charge in [0.25, 0.3) is 0 Å². The Bertz CT molecular complexity index is 706. The van der Waals surface area contributed by atoms with Gasteiger partial charge in [0.15, 0.2) is 5.96 Å². The average Bonchev–Trinajstić information content (AvgIpc) is 2.79. The zero-order valence-electron chi connectivity index (χ0n) is 19.8. The molecule has 0 spiro atoms. The lowest BCUT2D eigenvalue weighted by atomic mass is 9.82. The first kappa shape index (κ1) is 25.6. The second-order valence-electron chi connectivity index (χ2n) is 9.69. The van der Waals surface area contributed by atoms with Crippen molar-refractivity contribution in [2.75, 3.05) is 38.2 Å². The summed E-state index contributed by atoms with van der Waals surface area (Å²) in [4.78, 5) is 9.94. The van der Waals surface area contributed by atoms with Crippen molar-refractivity contribution < 1.29 is 5.11 Å². The molecule has 1 aromatic carbocycles. The molecule has 0 aromatic heterocycles. The van der Waals surface area contributed by atoms with Gasteiger partial charge < -0.3 is 25.5 Å². The van der Waals surface area contributed by atoms with E-state index >= 15 is 0 Å². The molecule has 3 heterocycles. The molecule has 0 radical (unpaired) electrons. The number of rotatable bonds is 6. The van der Waals surface area contributed by atoms with Crippen LogP contribution in [0.2, 0.25) is 0 Å². The van der Waals surface area contributed by atoms with Crippen LogP contribution in [0.3, 0.4) is 0 Å². The maximum absolute atomic E-state index is 9.34. The molecule has 0 aliphatic carbocycles. The summed E-state index contributed by atoms with van der Waals surface area (Å²) in [6.07, 6.45) is 8.66. The minimum absolute atomic E-state index is 0. The van der Waals surface area contributed by atoms with Crippen LogP contribution in [-0.2, 0) is 6.54 Å². The number of hydrogen-bond donors (Lipinski definition) is 3. The molecule has 2 unspecified atom stereocenters. The summed E-state index contributed by atoms with van der Waals surface area (Å²) in [5.41, 5.74) is 2.53. The van der Waals surface area contributed by atoms with E-state index in [9.17, 15) is 5.11 Å². The molecule has 0 amide bonds. The molecule has 4 rings (SSSR count). The van der Waals surface area contributed by atoms with E-state index in [1.165, 1.54) is 43.4 Å². The van der Waals surface area contributed by atoms with Crippen LogP contribution >= 0.6 is 24.0 Å². The highest BCUT2D eigenvalue weighted by molar-refractivity contribution is 14.0. The third kappa shape index (κ3) is 6.50. The Labute approximate surface area is 211 Å². The largest absolute Gasteiger partial charge is 0.396 e. The monoisotopic (exact) mass is 555 g/mol. The van der Waals surface area contributed by atoms with Crippen molar-refractivity contribution >= 4 is 35.6 Å². The topological polar surface area (TPSA) is 63.1 Å². The Hall–Kier alpha value is -1.06. The Morgan fingerprint density at radius 3 is 2.31 bits per heavy atom. The molecule has 0 saturated carbocycles. The summed E-state index contributed by atoms with van der Waals surface area (Å²) in [5, 5.41) is 16.5. The molecule has 2 atom stereocenters. The third-order valence-electron chi connectivity index (χ3n) is 7.62. The molecule has 3 fully saturated rings. The highest BCUT2D eigenvalue weighted by Crippen LogP contribution is 2.32. The minimum atomic E-state index is 0. The molecule has 3 N–H and O–H groups in total. The second-order valence-corrected chi connectivity index (χ2v) is 9.69. The van der Waals surface area contributed by atoms with E-state index in [0.717, 1.165) is 50.5 Å². The number of nitrogens with one attached hydrogen (secondary N) is 2. The van der Waals surface area contributed by atoms with Crippen molar-refractivity contribution in [1.29, 1.82) is 0 Å². The highest BCUT2D eigenvalue weighted by Gasteiger charge is 2.36. The fraction of sp³-hybridized carbons (Fsp3) is 0.720. The van der Waals surface area contributed by atoms with Crippen LogP contribution in [0.5, 0.6) is 0 Å². The number of aliphatic hydroxyl groups excluding tert-OH is 1. The highest BCUT2D eigenvalue weighted by atomic mass is 127. The number of piperidine rings is 3. The summed E-state index contributed by atoms with van der Waals surface area (Å²) in [6, 6.07) is 10.8. The minimum Gasteiger partial charge on any atom is -0.396 e. The van der Waals surface area contributed by atoms with Crippen LogP contribution in [0.25, 0.3) is 0 Å². The van der Waals surface area contributed by atoms with Crippen molar-refractivity contribution in [3.63, 3.8) is 0 Å². The van der Waals surface area contributed by atoms with Gasteiger partial charge in [-0.2, -0.15) is 0 Å². The summed E-state index contributed by atoms with van der Waals surface area (Å²) in [7, 11) is 2.31. The normalized spacial score (nSPS) is 27.0. The predicted octanol–water partition coefficient (Wildman–Crippen LogP) is 3.58. The van der Waals surface area contributed by atoms with Gasteiger partial charge in [0, 0.05) is 50.1 Å². The zero-order chi connectivity index (χ0) is 21.6. The number of guanidine groups is 1. The quantitative estimate of drug-likeness (QED) is 0.285. The van der Waals surface area contributed by atoms with Crippen molar-refractivity contribution in [3.8, 4) is 0 Å². The average molecular weight is 556 g/mol. The standard InChI is InChI=1S/C25H41N5O.HI/c1-3-26-25(28-21-15-23-5-4-6-24(16-21)29(23)2)27-17-19-7-9-22(10-8-19)30-13-11-20(18-31)12-14-30;/h7-10,20-21,23-24,31H,3-6,11-18H2,1-2H3,(H2,26,27,28);1H. The Balaban J connectivity index is 0.00000289. The Kier molecular flexibility index (Phi) is 9.92. The molecule has 32 heavy (non-hydrogen) atoms. The van der Waals surface area contributed by atoms with Crippen LogP contribution in [0.15, 0.2) is 29.3 Å². The summed E-state index contributed by atoms with van der Waals surface area (Å²) in [6.45, 7) is 6.11. The van der Waals surface area contributed by atoms with Crippen molar-refractivity contribution in [1.82, 2.24) is 15.5 Å². The fourth-order valence-corrected chi connectivity index (χ4v) is 5.60. The van der Waals surface area contributed by atoms with E-state index in [1.807, 2.05) is 0 Å². The Morgan fingerprint density at radius 1 is 1.06 bits per heavy atom. The molecule has 6 nitrogen and oxygen atoms in total. The van der Waals surface area contributed by atoms with Gasteiger partial charge in [-0.05, 0) is 76.1 Å². The number of benzene rings is 1. The summed E-state index contributed by atoms with van der Waals surface area (Å²) >= 11 is 0. The second kappa shape index (κ2) is 12.4. The molecule has 180 valence electrons. The molecule has 7 heteroatoms. The Morgan fingerprint density at radius 2 is 1.72 bits per heavy atom. The maximum Gasteiger partial charge on any atom is 0.191 e.